The quantitative estimate of drug-likeness (QED) is 0.823. The fourth-order valence-corrected chi connectivity index (χ4v) is 3.34. The van der Waals surface area contributed by atoms with Crippen molar-refractivity contribution in [3.63, 3.8) is 0 Å². The Hall–Kier alpha value is -2.17. The van der Waals surface area contributed by atoms with Crippen LogP contribution in [0.4, 0.5) is 5.82 Å². The molecule has 1 amide bonds. The number of amides is 1. The van der Waals surface area contributed by atoms with Crippen molar-refractivity contribution in [3.8, 4) is 0 Å². The van der Waals surface area contributed by atoms with Gasteiger partial charge in [-0.15, -0.1) is 0 Å². The second-order valence-electron chi connectivity index (χ2n) is 5.49. The highest BCUT2D eigenvalue weighted by molar-refractivity contribution is 5.95. The molecule has 1 aromatic rings. The largest absolute Gasteiger partial charge is 0.481 e. The first-order valence-electron chi connectivity index (χ1n) is 6.72. The highest BCUT2D eigenvalue weighted by Gasteiger charge is 2.51. The number of carbonyl (C=O) groups excluding carboxylic acids is 1. The highest BCUT2D eigenvalue weighted by atomic mass is 16.4. The number of anilines is 1. The minimum atomic E-state index is -0.890. The van der Waals surface area contributed by atoms with E-state index in [0.29, 0.717) is 5.82 Å². The summed E-state index contributed by atoms with van der Waals surface area (Å²) in [5, 5.41) is 12.1. The van der Waals surface area contributed by atoms with Gasteiger partial charge < -0.3 is 10.4 Å². The topological polar surface area (TPSA) is 79.3 Å². The Balaban J connectivity index is 1.80. The molecule has 0 unspecified atom stereocenters. The maximum absolute atomic E-state index is 12.4. The Morgan fingerprint density at radius 2 is 1.95 bits per heavy atom. The van der Waals surface area contributed by atoms with E-state index >= 15 is 0 Å². The van der Waals surface area contributed by atoms with Crippen LogP contribution in [0.3, 0.4) is 0 Å². The van der Waals surface area contributed by atoms with Gasteiger partial charge in [-0.2, -0.15) is 0 Å². The number of hydrogen-bond acceptors (Lipinski definition) is 3. The van der Waals surface area contributed by atoms with Crippen molar-refractivity contribution in [1.29, 1.82) is 0 Å². The molecule has 2 bridgehead atoms. The molecule has 1 saturated carbocycles. The highest BCUT2D eigenvalue weighted by Crippen LogP contribution is 2.48. The number of carbonyl (C=O) groups is 2. The van der Waals surface area contributed by atoms with E-state index in [2.05, 4.69) is 10.3 Å². The van der Waals surface area contributed by atoms with Crippen LogP contribution < -0.4 is 5.32 Å². The van der Waals surface area contributed by atoms with E-state index in [9.17, 15) is 14.7 Å². The number of aryl methyl sites for hydroxylation is 1. The van der Waals surface area contributed by atoms with Crippen molar-refractivity contribution in [2.24, 2.45) is 23.7 Å². The molecule has 104 valence electrons. The zero-order valence-corrected chi connectivity index (χ0v) is 11.1. The Kier molecular flexibility index (Phi) is 3.04. The third-order valence-corrected chi connectivity index (χ3v) is 4.19. The van der Waals surface area contributed by atoms with Crippen molar-refractivity contribution in [1.82, 2.24) is 4.98 Å². The number of nitrogens with zero attached hydrogens (tertiary/aromatic N) is 1. The summed E-state index contributed by atoms with van der Waals surface area (Å²) in [6, 6.07) is 5.37. The van der Waals surface area contributed by atoms with Crippen molar-refractivity contribution in [2.45, 2.75) is 13.3 Å². The third-order valence-electron chi connectivity index (χ3n) is 4.19. The first-order chi connectivity index (χ1) is 9.56. The molecule has 1 fully saturated rings. The fourth-order valence-electron chi connectivity index (χ4n) is 3.34. The summed E-state index contributed by atoms with van der Waals surface area (Å²) in [7, 11) is 0. The van der Waals surface area contributed by atoms with Gasteiger partial charge in [0, 0.05) is 5.69 Å². The molecule has 1 aromatic heterocycles. The number of aromatic nitrogens is 1. The molecule has 2 aliphatic carbocycles. The van der Waals surface area contributed by atoms with E-state index in [1.807, 2.05) is 31.2 Å². The smallest absolute Gasteiger partial charge is 0.307 e. The van der Waals surface area contributed by atoms with Gasteiger partial charge in [-0.3, -0.25) is 9.59 Å². The molecular formula is C15H16N2O3. The van der Waals surface area contributed by atoms with Crippen LogP contribution in [0, 0.1) is 30.6 Å². The molecule has 2 N–H and O–H groups in total. The summed E-state index contributed by atoms with van der Waals surface area (Å²) in [5.41, 5.74) is 0.811. The number of fused-ring (bicyclic) bond motifs is 2. The average molecular weight is 272 g/mol. The van der Waals surface area contributed by atoms with Gasteiger partial charge in [0.15, 0.2) is 0 Å². The molecule has 3 rings (SSSR count). The Bertz CT molecular complexity index is 597. The number of nitrogens with one attached hydrogen (secondary N) is 1. The van der Waals surface area contributed by atoms with Crippen LogP contribution in [0.2, 0.25) is 0 Å². The summed E-state index contributed by atoms with van der Waals surface area (Å²) in [4.78, 5) is 28.0. The van der Waals surface area contributed by atoms with Gasteiger partial charge >= 0.3 is 5.97 Å². The van der Waals surface area contributed by atoms with E-state index in [1.165, 1.54) is 0 Å². The van der Waals surface area contributed by atoms with Crippen LogP contribution in [0.25, 0.3) is 0 Å². The second-order valence-corrected chi connectivity index (χ2v) is 5.49. The van der Waals surface area contributed by atoms with Crippen LogP contribution in [0.5, 0.6) is 0 Å². The summed E-state index contributed by atoms with van der Waals surface area (Å²) >= 11 is 0. The van der Waals surface area contributed by atoms with Crippen molar-refractivity contribution < 1.29 is 14.7 Å². The van der Waals surface area contributed by atoms with Crippen molar-refractivity contribution in [3.05, 3.63) is 36.0 Å². The van der Waals surface area contributed by atoms with Crippen molar-refractivity contribution >= 4 is 17.7 Å². The monoisotopic (exact) mass is 272 g/mol. The lowest BCUT2D eigenvalue weighted by Gasteiger charge is -2.23. The molecule has 0 aromatic carbocycles. The van der Waals surface area contributed by atoms with Gasteiger partial charge in [0.1, 0.15) is 5.82 Å². The number of pyridine rings is 1. The molecule has 0 radical (unpaired) electrons. The number of rotatable bonds is 3. The van der Waals surface area contributed by atoms with E-state index in [0.717, 1.165) is 12.1 Å². The normalized spacial score (nSPS) is 30.4. The van der Waals surface area contributed by atoms with Crippen molar-refractivity contribution in [2.75, 3.05) is 5.32 Å². The molecule has 5 nitrogen and oxygen atoms in total. The van der Waals surface area contributed by atoms with Gasteiger partial charge in [-0.1, -0.05) is 18.2 Å². The molecule has 1 heterocycles. The maximum Gasteiger partial charge on any atom is 0.307 e. The van der Waals surface area contributed by atoms with E-state index in [1.54, 1.807) is 6.07 Å². The van der Waals surface area contributed by atoms with E-state index in [4.69, 9.17) is 0 Å². The van der Waals surface area contributed by atoms with Crippen LogP contribution in [-0.2, 0) is 9.59 Å². The molecular weight excluding hydrogens is 256 g/mol. The van der Waals surface area contributed by atoms with Crippen LogP contribution in [0.15, 0.2) is 30.4 Å². The van der Waals surface area contributed by atoms with Gasteiger partial charge in [0.05, 0.1) is 11.8 Å². The number of aliphatic carboxylic acids is 1. The maximum atomic E-state index is 12.4. The van der Waals surface area contributed by atoms with Crippen LogP contribution in [0.1, 0.15) is 12.1 Å². The second kappa shape index (κ2) is 4.74. The first kappa shape index (κ1) is 12.8. The van der Waals surface area contributed by atoms with Gasteiger partial charge in [-0.05, 0) is 37.3 Å². The Morgan fingerprint density at radius 1 is 1.25 bits per heavy atom. The Labute approximate surface area is 116 Å². The van der Waals surface area contributed by atoms with Gasteiger partial charge in [0.2, 0.25) is 5.91 Å². The minimum absolute atomic E-state index is 0.0151. The van der Waals surface area contributed by atoms with Crippen LogP contribution >= 0.6 is 0 Å². The van der Waals surface area contributed by atoms with E-state index in [-0.39, 0.29) is 17.7 Å². The number of hydrogen-bond donors (Lipinski definition) is 2. The molecule has 0 saturated heterocycles. The number of carboxylic acid groups (broad SMARTS) is 1. The average Bonchev–Trinajstić information content (AvgIpc) is 2.98. The Morgan fingerprint density at radius 3 is 2.60 bits per heavy atom. The molecule has 2 aliphatic rings. The molecule has 0 spiro atoms. The standard InChI is InChI=1S/C15H16N2O3/c1-8-3-2-4-11(16-8)17-14(18)12-9-5-6-10(7-9)13(12)15(19)20/h2-6,9-10,12-13H,7H2,1H3,(H,19,20)(H,16,17,18)/t9-,10-,12+,13-/m0/s1. The molecule has 20 heavy (non-hydrogen) atoms. The van der Waals surface area contributed by atoms with Gasteiger partial charge in [0.25, 0.3) is 0 Å². The third kappa shape index (κ3) is 2.09. The number of carboxylic acids is 1. The summed E-state index contributed by atoms with van der Waals surface area (Å²) < 4.78 is 0. The molecule has 5 heteroatoms. The number of allylic oxidation sites excluding steroid dienone is 2. The van der Waals surface area contributed by atoms with Crippen LogP contribution in [-0.4, -0.2) is 22.0 Å². The predicted molar refractivity (Wildman–Crippen MR) is 73.0 cm³/mol. The zero-order valence-electron chi connectivity index (χ0n) is 11.1. The lowest BCUT2D eigenvalue weighted by molar-refractivity contribution is -0.146. The minimum Gasteiger partial charge on any atom is -0.481 e. The first-order valence-corrected chi connectivity index (χ1v) is 6.72. The zero-order chi connectivity index (χ0) is 14.3. The summed E-state index contributed by atoms with van der Waals surface area (Å²) in [6.45, 7) is 1.84. The molecule has 4 atom stereocenters. The summed E-state index contributed by atoms with van der Waals surface area (Å²) in [6.07, 6.45) is 4.66. The lowest BCUT2D eigenvalue weighted by Crippen LogP contribution is -2.36. The SMILES string of the molecule is Cc1cccc(NC(=O)[C@H]2[C@@H](C(=O)O)[C@H]3C=C[C@H]2C3)n1. The van der Waals surface area contributed by atoms with Gasteiger partial charge in [-0.25, -0.2) is 4.98 Å². The molecule has 0 aliphatic heterocycles. The fraction of sp³-hybridized carbons (Fsp3) is 0.400. The predicted octanol–water partition coefficient (Wildman–Crippen LogP) is 1.85. The lowest BCUT2D eigenvalue weighted by atomic mass is 9.82. The summed E-state index contributed by atoms with van der Waals surface area (Å²) in [5.74, 6) is -1.75. The van der Waals surface area contributed by atoms with E-state index < -0.39 is 17.8 Å².